The molecule has 0 saturated carbocycles. The fourth-order valence-electron chi connectivity index (χ4n) is 3.20. The zero-order valence-electron chi connectivity index (χ0n) is 13.2. The van der Waals surface area contributed by atoms with Crippen LogP contribution in [-0.4, -0.2) is 29.2 Å². The predicted octanol–water partition coefficient (Wildman–Crippen LogP) is 3.23. The van der Waals surface area contributed by atoms with E-state index in [1.165, 1.54) is 30.3 Å². The van der Waals surface area contributed by atoms with E-state index in [1.807, 2.05) is 0 Å². The third kappa shape index (κ3) is 2.45. The number of benzene rings is 2. The van der Waals surface area contributed by atoms with Crippen LogP contribution in [0.15, 0.2) is 42.5 Å². The molecule has 2 aliphatic rings. The van der Waals surface area contributed by atoms with Gasteiger partial charge in [0, 0.05) is 12.0 Å². The second-order valence-electron chi connectivity index (χ2n) is 6.11. The maximum Gasteiger partial charge on any atom is 0.425 e. The number of ether oxygens (including phenoxy) is 1. The minimum absolute atomic E-state index is 0.111. The van der Waals surface area contributed by atoms with Crippen molar-refractivity contribution in [3.05, 3.63) is 59.2 Å². The lowest BCUT2D eigenvalue weighted by atomic mass is 9.98. The quantitative estimate of drug-likeness (QED) is 0.790. The van der Waals surface area contributed by atoms with Gasteiger partial charge >= 0.3 is 6.18 Å². The van der Waals surface area contributed by atoms with Crippen LogP contribution in [-0.2, 0) is 0 Å². The van der Waals surface area contributed by atoms with Crippen molar-refractivity contribution in [3.63, 3.8) is 0 Å². The molecule has 1 N–H and O–H groups in total. The van der Waals surface area contributed by atoms with Crippen molar-refractivity contribution in [2.45, 2.75) is 24.8 Å². The standard InChI is InChI=1S/C18H12F3NO4/c19-18(20,21)15-8-13(23)12-7-9(5-6-14(12)26-15)22-16(24)10-3-1-2-4-11(10)17(22)25/h1-7,13,15,23H,8H2. The van der Waals surface area contributed by atoms with Gasteiger partial charge in [0.15, 0.2) is 6.10 Å². The summed E-state index contributed by atoms with van der Waals surface area (Å²) in [6, 6.07) is 10.2. The minimum atomic E-state index is -4.60. The summed E-state index contributed by atoms with van der Waals surface area (Å²) in [6.07, 6.45) is -8.77. The number of amides is 2. The summed E-state index contributed by atoms with van der Waals surface area (Å²) in [6.45, 7) is 0. The molecular formula is C18H12F3NO4. The van der Waals surface area contributed by atoms with Gasteiger partial charge in [-0.05, 0) is 30.3 Å². The van der Waals surface area contributed by atoms with Gasteiger partial charge in [0.05, 0.1) is 22.9 Å². The van der Waals surface area contributed by atoms with Crippen LogP contribution in [0, 0.1) is 0 Å². The molecule has 2 aromatic carbocycles. The number of aliphatic hydroxyl groups excluding tert-OH is 1. The Morgan fingerprint density at radius 1 is 1.04 bits per heavy atom. The van der Waals surface area contributed by atoms with Crippen LogP contribution in [0.4, 0.5) is 18.9 Å². The molecule has 4 rings (SSSR count). The molecule has 0 spiro atoms. The highest BCUT2D eigenvalue weighted by molar-refractivity contribution is 6.34. The molecule has 0 aromatic heterocycles. The molecule has 0 bridgehead atoms. The van der Waals surface area contributed by atoms with E-state index in [-0.39, 0.29) is 28.1 Å². The Morgan fingerprint density at radius 3 is 2.23 bits per heavy atom. The van der Waals surface area contributed by atoms with Crippen LogP contribution in [0.1, 0.15) is 38.8 Å². The summed E-state index contributed by atoms with van der Waals surface area (Å²) < 4.78 is 43.5. The minimum Gasteiger partial charge on any atom is -0.480 e. The Morgan fingerprint density at radius 2 is 1.65 bits per heavy atom. The Labute approximate surface area is 145 Å². The third-order valence-corrected chi connectivity index (χ3v) is 4.48. The van der Waals surface area contributed by atoms with Crippen molar-refractivity contribution in [1.29, 1.82) is 0 Å². The van der Waals surface area contributed by atoms with Crippen LogP contribution in [0.25, 0.3) is 0 Å². The number of nitrogens with zero attached hydrogens (tertiary/aromatic N) is 1. The first kappa shape index (κ1) is 16.6. The number of hydrogen-bond donors (Lipinski definition) is 1. The summed E-state index contributed by atoms with van der Waals surface area (Å²) in [7, 11) is 0. The lowest BCUT2D eigenvalue weighted by Gasteiger charge is -2.31. The van der Waals surface area contributed by atoms with Gasteiger partial charge in [-0.15, -0.1) is 0 Å². The second-order valence-corrected chi connectivity index (χ2v) is 6.11. The molecule has 2 heterocycles. The Hall–Kier alpha value is -2.87. The first-order valence-corrected chi connectivity index (χ1v) is 7.80. The lowest BCUT2D eigenvalue weighted by molar-refractivity contribution is -0.207. The molecule has 8 heteroatoms. The molecule has 5 nitrogen and oxygen atoms in total. The van der Waals surface area contributed by atoms with Crippen molar-refractivity contribution in [1.82, 2.24) is 0 Å². The van der Waals surface area contributed by atoms with E-state index >= 15 is 0 Å². The average molecular weight is 363 g/mol. The van der Waals surface area contributed by atoms with Gasteiger partial charge < -0.3 is 9.84 Å². The number of fused-ring (bicyclic) bond motifs is 2. The van der Waals surface area contributed by atoms with Gasteiger partial charge in [-0.25, -0.2) is 4.90 Å². The number of rotatable bonds is 1. The molecule has 134 valence electrons. The molecule has 2 amide bonds. The van der Waals surface area contributed by atoms with E-state index < -0.39 is 36.6 Å². The maximum absolute atomic E-state index is 12.9. The Kier molecular flexibility index (Phi) is 3.55. The summed E-state index contributed by atoms with van der Waals surface area (Å²) in [4.78, 5) is 25.9. The van der Waals surface area contributed by atoms with Crippen molar-refractivity contribution in [2.75, 3.05) is 4.90 Å². The molecule has 2 atom stereocenters. The predicted molar refractivity (Wildman–Crippen MR) is 84.1 cm³/mol. The highest BCUT2D eigenvalue weighted by atomic mass is 19.4. The smallest absolute Gasteiger partial charge is 0.425 e. The largest absolute Gasteiger partial charge is 0.480 e. The van der Waals surface area contributed by atoms with Crippen LogP contribution >= 0.6 is 0 Å². The average Bonchev–Trinajstić information content (AvgIpc) is 2.85. The fourth-order valence-corrected chi connectivity index (χ4v) is 3.20. The van der Waals surface area contributed by atoms with Crippen molar-refractivity contribution < 1.29 is 32.6 Å². The maximum atomic E-state index is 12.9. The van der Waals surface area contributed by atoms with Crippen molar-refractivity contribution >= 4 is 17.5 Å². The molecule has 2 unspecified atom stereocenters. The zero-order valence-corrected chi connectivity index (χ0v) is 13.2. The Bertz CT molecular complexity index is 890. The summed E-state index contributed by atoms with van der Waals surface area (Å²) >= 11 is 0. The molecule has 2 aromatic rings. The first-order valence-electron chi connectivity index (χ1n) is 7.80. The lowest BCUT2D eigenvalue weighted by Crippen LogP contribution is -2.39. The van der Waals surface area contributed by atoms with Crippen molar-refractivity contribution in [2.24, 2.45) is 0 Å². The van der Waals surface area contributed by atoms with E-state index in [4.69, 9.17) is 4.74 Å². The van der Waals surface area contributed by atoms with Crippen LogP contribution in [0.5, 0.6) is 5.75 Å². The third-order valence-electron chi connectivity index (χ3n) is 4.48. The number of hydrogen-bond acceptors (Lipinski definition) is 4. The summed E-state index contributed by atoms with van der Waals surface area (Å²) in [5, 5.41) is 10.1. The molecule has 2 aliphatic heterocycles. The SMILES string of the molecule is O=C1c2ccccc2C(=O)N1c1ccc2c(c1)C(O)CC(C(F)(F)F)O2. The monoisotopic (exact) mass is 363 g/mol. The second kappa shape index (κ2) is 5.57. The first-order chi connectivity index (χ1) is 12.3. The number of carbonyl (C=O) groups excluding carboxylic acids is 2. The van der Waals surface area contributed by atoms with Gasteiger partial charge in [-0.3, -0.25) is 9.59 Å². The van der Waals surface area contributed by atoms with Gasteiger partial charge in [-0.2, -0.15) is 13.2 Å². The van der Waals surface area contributed by atoms with E-state index in [0.717, 1.165) is 4.90 Å². The van der Waals surface area contributed by atoms with E-state index in [1.54, 1.807) is 12.1 Å². The van der Waals surface area contributed by atoms with E-state index in [9.17, 15) is 27.9 Å². The number of alkyl halides is 3. The highest BCUT2D eigenvalue weighted by Crippen LogP contribution is 2.42. The van der Waals surface area contributed by atoms with E-state index in [2.05, 4.69) is 0 Å². The van der Waals surface area contributed by atoms with Crippen molar-refractivity contribution in [3.8, 4) is 5.75 Å². The van der Waals surface area contributed by atoms with Gasteiger partial charge in [-0.1, -0.05) is 12.1 Å². The van der Waals surface area contributed by atoms with Gasteiger partial charge in [0.2, 0.25) is 0 Å². The molecule has 0 saturated heterocycles. The van der Waals surface area contributed by atoms with Crippen LogP contribution in [0.3, 0.4) is 0 Å². The summed E-state index contributed by atoms with van der Waals surface area (Å²) in [5.74, 6) is -1.17. The van der Waals surface area contributed by atoms with Crippen LogP contribution in [0.2, 0.25) is 0 Å². The van der Waals surface area contributed by atoms with Gasteiger partial charge in [0.25, 0.3) is 11.8 Å². The molecule has 26 heavy (non-hydrogen) atoms. The topological polar surface area (TPSA) is 66.8 Å². The van der Waals surface area contributed by atoms with Crippen LogP contribution < -0.4 is 9.64 Å². The molecule has 0 radical (unpaired) electrons. The normalized spacial score (nSPS) is 22.1. The number of carbonyl (C=O) groups is 2. The number of anilines is 1. The molecular weight excluding hydrogens is 351 g/mol. The number of aliphatic hydroxyl groups is 1. The van der Waals surface area contributed by atoms with E-state index in [0.29, 0.717) is 0 Å². The molecule has 0 fully saturated rings. The fraction of sp³-hybridized carbons (Fsp3) is 0.222. The number of halogens is 3. The Balaban J connectivity index is 1.71. The summed E-state index contributed by atoms with van der Waals surface area (Å²) in [5.41, 5.74) is 0.788. The molecule has 0 aliphatic carbocycles. The zero-order chi connectivity index (χ0) is 18.6. The van der Waals surface area contributed by atoms with Gasteiger partial charge in [0.1, 0.15) is 5.75 Å². The number of imide groups is 1. The highest BCUT2D eigenvalue weighted by Gasteiger charge is 2.46.